The van der Waals surface area contributed by atoms with Crippen LogP contribution in [0, 0.1) is 5.82 Å². The van der Waals surface area contributed by atoms with E-state index in [2.05, 4.69) is 38.1 Å². The van der Waals surface area contributed by atoms with E-state index in [4.69, 9.17) is 5.73 Å². The number of halogens is 1. The Morgan fingerprint density at radius 3 is 1.95 bits per heavy atom. The molecule has 0 aliphatic heterocycles. The first-order chi connectivity index (χ1) is 9.06. The van der Waals surface area contributed by atoms with Crippen LogP contribution in [0.4, 0.5) is 4.39 Å². The fourth-order valence-corrected chi connectivity index (χ4v) is 2.12. The fourth-order valence-electron chi connectivity index (χ4n) is 2.12. The molecule has 0 radical (unpaired) electrons. The molecule has 1 atom stereocenters. The molecule has 0 aliphatic rings. The first-order valence-corrected chi connectivity index (χ1v) is 6.66. The van der Waals surface area contributed by atoms with Gasteiger partial charge < -0.3 is 5.73 Å². The highest BCUT2D eigenvalue weighted by Crippen LogP contribution is 2.20. The summed E-state index contributed by atoms with van der Waals surface area (Å²) in [6.07, 6.45) is 0.724. The Morgan fingerprint density at radius 2 is 1.42 bits per heavy atom. The molecule has 0 bridgehead atoms. The van der Waals surface area contributed by atoms with E-state index in [1.807, 2.05) is 0 Å². The third-order valence-electron chi connectivity index (χ3n) is 3.40. The van der Waals surface area contributed by atoms with Crippen molar-refractivity contribution in [3.8, 4) is 0 Å². The number of rotatable bonds is 4. The zero-order valence-corrected chi connectivity index (χ0v) is 11.4. The molecule has 2 N–H and O–H groups in total. The number of benzene rings is 2. The molecule has 0 fully saturated rings. The molecule has 0 aliphatic carbocycles. The number of nitrogens with two attached hydrogens (primary N) is 1. The van der Waals surface area contributed by atoms with Gasteiger partial charge >= 0.3 is 0 Å². The van der Waals surface area contributed by atoms with Crippen LogP contribution in [0.5, 0.6) is 0 Å². The molecular formula is C17H20FN. The minimum Gasteiger partial charge on any atom is -0.324 e. The van der Waals surface area contributed by atoms with Crippen LogP contribution in [-0.4, -0.2) is 0 Å². The summed E-state index contributed by atoms with van der Waals surface area (Å²) in [4.78, 5) is 0. The Bertz CT molecular complexity index is 514. The van der Waals surface area contributed by atoms with Crippen molar-refractivity contribution in [2.75, 3.05) is 0 Å². The van der Waals surface area contributed by atoms with E-state index < -0.39 is 0 Å². The predicted octanol–water partition coefficient (Wildman–Crippen LogP) is 4.19. The van der Waals surface area contributed by atoms with Crippen LogP contribution in [0.3, 0.4) is 0 Å². The summed E-state index contributed by atoms with van der Waals surface area (Å²) in [5.41, 5.74) is 9.69. The molecule has 19 heavy (non-hydrogen) atoms. The van der Waals surface area contributed by atoms with Crippen LogP contribution in [0.15, 0.2) is 48.5 Å². The second-order valence-corrected chi connectivity index (χ2v) is 5.26. The van der Waals surface area contributed by atoms with Crippen LogP contribution in [0.1, 0.15) is 42.5 Å². The normalized spacial score (nSPS) is 12.7. The lowest BCUT2D eigenvalue weighted by Crippen LogP contribution is -2.13. The molecule has 2 heteroatoms. The van der Waals surface area contributed by atoms with Gasteiger partial charge in [-0.25, -0.2) is 4.39 Å². The maximum absolute atomic E-state index is 12.8. The molecule has 0 amide bonds. The summed E-state index contributed by atoms with van der Waals surface area (Å²) in [6, 6.07) is 14.9. The first kappa shape index (κ1) is 13.8. The largest absolute Gasteiger partial charge is 0.324 e. The molecule has 0 heterocycles. The quantitative estimate of drug-likeness (QED) is 0.873. The zero-order chi connectivity index (χ0) is 13.8. The van der Waals surface area contributed by atoms with Gasteiger partial charge in [-0.05, 0) is 41.2 Å². The molecule has 1 unspecified atom stereocenters. The van der Waals surface area contributed by atoms with E-state index in [1.54, 1.807) is 12.1 Å². The molecular weight excluding hydrogens is 237 g/mol. The molecule has 2 rings (SSSR count). The number of hydrogen-bond acceptors (Lipinski definition) is 1. The van der Waals surface area contributed by atoms with Crippen molar-refractivity contribution < 1.29 is 4.39 Å². The highest BCUT2D eigenvalue weighted by Gasteiger charge is 2.08. The molecule has 0 saturated heterocycles. The third kappa shape index (κ3) is 3.65. The summed E-state index contributed by atoms with van der Waals surface area (Å²) < 4.78 is 12.8. The van der Waals surface area contributed by atoms with Crippen molar-refractivity contribution >= 4 is 0 Å². The van der Waals surface area contributed by atoms with Crippen LogP contribution in [0.2, 0.25) is 0 Å². The average Bonchev–Trinajstić information content (AvgIpc) is 2.41. The van der Waals surface area contributed by atoms with Gasteiger partial charge in [0, 0.05) is 6.04 Å². The minimum absolute atomic E-state index is 0.0494. The topological polar surface area (TPSA) is 26.0 Å². The van der Waals surface area contributed by atoms with E-state index in [0.29, 0.717) is 5.92 Å². The summed E-state index contributed by atoms with van der Waals surface area (Å²) in [7, 11) is 0. The van der Waals surface area contributed by atoms with E-state index >= 15 is 0 Å². The smallest absolute Gasteiger partial charge is 0.123 e. The molecule has 1 nitrogen and oxygen atoms in total. The van der Waals surface area contributed by atoms with Crippen molar-refractivity contribution in [2.45, 2.75) is 32.2 Å². The Labute approximate surface area is 114 Å². The summed E-state index contributed by atoms with van der Waals surface area (Å²) >= 11 is 0. The van der Waals surface area contributed by atoms with Crippen LogP contribution in [-0.2, 0) is 6.42 Å². The van der Waals surface area contributed by atoms with Crippen molar-refractivity contribution in [3.05, 3.63) is 71.0 Å². The lowest BCUT2D eigenvalue weighted by Gasteiger charge is -2.14. The Morgan fingerprint density at radius 1 is 0.895 bits per heavy atom. The maximum Gasteiger partial charge on any atom is 0.123 e. The Kier molecular flexibility index (Phi) is 4.33. The zero-order valence-electron chi connectivity index (χ0n) is 11.4. The van der Waals surface area contributed by atoms with Gasteiger partial charge in [-0.3, -0.25) is 0 Å². The van der Waals surface area contributed by atoms with Gasteiger partial charge in [0.05, 0.1) is 0 Å². The fraction of sp³-hybridized carbons (Fsp3) is 0.294. The molecule has 0 spiro atoms. The van der Waals surface area contributed by atoms with Crippen molar-refractivity contribution in [1.29, 1.82) is 0 Å². The minimum atomic E-state index is -0.210. The highest BCUT2D eigenvalue weighted by molar-refractivity contribution is 5.28. The maximum atomic E-state index is 12.8. The van der Waals surface area contributed by atoms with Gasteiger partial charge in [0.2, 0.25) is 0 Å². The second kappa shape index (κ2) is 5.98. The molecule has 100 valence electrons. The van der Waals surface area contributed by atoms with Crippen LogP contribution < -0.4 is 5.73 Å². The predicted molar refractivity (Wildman–Crippen MR) is 77.6 cm³/mol. The molecule has 0 aromatic heterocycles. The molecule has 2 aromatic rings. The molecule has 0 saturated carbocycles. The summed E-state index contributed by atoms with van der Waals surface area (Å²) in [5, 5.41) is 0. The Balaban J connectivity index is 2.07. The third-order valence-corrected chi connectivity index (χ3v) is 3.40. The van der Waals surface area contributed by atoms with E-state index in [0.717, 1.165) is 17.5 Å². The summed E-state index contributed by atoms with van der Waals surface area (Å²) in [6.45, 7) is 4.35. The van der Waals surface area contributed by atoms with Crippen LogP contribution >= 0.6 is 0 Å². The van der Waals surface area contributed by atoms with Gasteiger partial charge in [0.25, 0.3) is 0 Å². The van der Waals surface area contributed by atoms with Gasteiger partial charge in [-0.1, -0.05) is 50.2 Å². The standard InChI is InChI=1S/C17H20FN/c1-12(2)14-5-7-15(8-6-14)17(19)11-13-3-9-16(18)10-4-13/h3-10,12,17H,11,19H2,1-2H3. The van der Waals surface area contributed by atoms with Gasteiger partial charge in [-0.2, -0.15) is 0 Å². The first-order valence-electron chi connectivity index (χ1n) is 6.66. The van der Waals surface area contributed by atoms with E-state index in [-0.39, 0.29) is 11.9 Å². The molecule has 2 aromatic carbocycles. The SMILES string of the molecule is CC(C)c1ccc(C(N)Cc2ccc(F)cc2)cc1. The van der Waals surface area contributed by atoms with Gasteiger partial charge in [-0.15, -0.1) is 0 Å². The van der Waals surface area contributed by atoms with Crippen LogP contribution in [0.25, 0.3) is 0 Å². The van der Waals surface area contributed by atoms with E-state index in [1.165, 1.54) is 17.7 Å². The van der Waals surface area contributed by atoms with Crippen molar-refractivity contribution in [3.63, 3.8) is 0 Å². The number of hydrogen-bond donors (Lipinski definition) is 1. The van der Waals surface area contributed by atoms with Crippen molar-refractivity contribution in [2.24, 2.45) is 5.73 Å². The van der Waals surface area contributed by atoms with Gasteiger partial charge in [0.1, 0.15) is 5.82 Å². The van der Waals surface area contributed by atoms with E-state index in [9.17, 15) is 4.39 Å². The lowest BCUT2D eigenvalue weighted by atomic mass is 9.96. The average molecular weight is 257 g/mol. The monoisotopic (exact) mass is 257 g/mol. The Hall–Kier alpha value is -1.67. The second-order valence-electron chi connectivity index (χ2n) is 5.26. The van der Waals surface area contributed by atoms with Gasteiger partial charge in [0.15, 0.2) is 0 Å². The highest BCUT2D eigenvalue weighted by atomic mass is 19.1. The van der Waals surface area contributed by atoms with Crippen molar-refractivity contribution in [1.82, 2.24) is 0 Å². The lowest BCUT2D eigenvalue weighted by molar-refractivity contribution is 0.625. The summed E-state index contributed by atoms with van der Waals surface area (Å²) in [5.74, 6) is 0.320.